The molecule has 0 aliphatic heterocycles. The van der Waals surface area contributed by atoms with Crippen LogP contribution >= 0.6 is 7.92 Å². The maximum atomic E-state index is 2.34. The molecule has 1 aromatic carbocycles. The minimum absolute atomic E-state index is 0. The fraction of sp³-hybridized carbons (Fsp3) is 0.400. The normalized spacial score (nSPS) is 12.3. The van der Waals surface area contributed by atoms with Gasteiger partial charge in [-0.25, -0.2) is 0 Å². The van der Waals surface area contributed by atoms with Crippen molar-refractivity contribution >= 4 is 21.6 Å². The van der Waals surface area contributed by atoms with Gasteiger partial charge in [0.1, 0.15) is 0 Å². The minimum atomic E-state index is 0. The van der Waals surface area contributed by atoms with Crippen LogP contribution in [0.15, 0.2) is 30.3 Å². The minimum Gasteiger partial charge on any atom is -0.0759 e. The van der Waals surface area contributed by atoms with Gasteiger partial charge in [-0.1, -0.05) is 52.1 Å². The number of rotatable bonds is 2. The van der Waals surface area contributed by atoms with Gasteiger partial charge in [0.15, 0.2) is 0 Å². The average Bonchev–Trinajstić information content (AvgIpc) is 2.05. The van der Waals surface area contributed by atoms with Crippen LogP contribution < -0.4 is 5.30 Å². The van der Waals surface area contributed by atoms with Crippen molar-refractivity contribution in [1.29, 1.82) is 0 Å². The molecule has 0 saturated heterocycles. The van der Waals surface area contributed by atoms with Crippen molar-refractivity contribution < 1.29 is 0 Å². The SMILES string of the molecule is CC(C)[P@](C)c1ccccc1.[B]. The molecule has 0 unspecified atom stereocenters. The Morgan fingerprint density at radius 1 is 1.08 bits per heavy atom. The third-order valence-corrected chi connectivity index (χ3v) is 4.60. The Bertz CT molecular complexity index is 208. The first kappa shape index (κ1) is 11.7. The summed E-state index contributed by atoms with van der Waals surface area (Å²) in [4.78, 5) is 0. The van der Waals surface area contributed by atoms with E-state index in [2.05, 4.69) is 50.8 Å². The van der Waals surface area contributed by atoms with E-state index in [-0.39, 0.29) is 16.3 Å². The zero-order valence-corrected chi connectivity index (χ0v) is 8.88. The number of hydrogen-bond donors (Lipinski definition) is 0. The van der Waals surface area contributed by atoms with Gasteiger partial charge < -0.3 is 0 Å². The predicted octanol–water partition coefficient (Wildman–Crippen LogP) is 2.45. The molecule has 0 spiro atoms. The molecule has 0 aromatic heterocycles. The van der Waals surface area contributed by atoms with E-state index in [0.717, 1.165) is 5.66 Å². The van der Waals surface area contributed by atoms with E-state index >= 15 is 0 Å². The van der Waals surface area contributed by atoms with Crippen LogP contribution in [0.25, 0.3) is 0 Å². The van der Waals surface area contributed by atoms with Gasteiger partial charge in [0.25, 0.3) is 0 Å². The van der Waals surface area contributed by atoms with Gasteiger partial charge in [0, 0.05) is 8.41 Å². The highest BCUT2D eigenvalue weighted by Crippen LogP contribution is 2.34. The molecule has 0 bridgehead atoms. The largest absolute Gasteiger partial charge is 0.0759 e. The lowest BCUT2D eigenvalue weighted by Gasteiger charge is -2.15. The molecule has 0 aliphatic rings. The summed E-state index contributed by atoms with van der Waals surface area (Å²) >= 11 is 0. The van der Waals surface area contributed by atoms with Gasteiger partial charge in [-0.3, -0.25) is 0 Å². The van der Waals surface area contributed by atoms with Crippen molar-refractivity contribution in [3.8, 4) is 0 Å². The molecular formula is C10H15BP. The van der Waals surface area contributed by atoms with Crippen molar-refractivity contribution in [2.45, 2.75) is 19.5 Å². The van der Waals surface area contributed by atoms with E-state index in [1.54, 1.807) is 0 Å². The summed E-state index contributed by atoms with van der Waals surface area (Å²) in [6, 6.07) is 10.8. The summed E-state index contributed by atoms with van der Waals surface area (Å²) in [5.74, 6) is 0. The van der Waals surface area contributed by atoms with E-state index in [1.165, 1.54) is 5.30 Å². The van der Waals surface area contributed by atoms with E-state index in [0.29, 0.717) is 0 Å². The van der Waals surface area contributed by atoms with Crippen LogP contribution in [0, 0.1) is 0 Å². The molecule has 0 nitrogen and oxygen atoms in total. The van der Waals surface area contributed by atoms with Crippen molar-refractivity contribution in [2.24, 2.45) is 0 Å². The summed E-state index contributed by atoms with van der Waals surface area (Å²) in [6.07, 6.45) is 0. The molecule has 0 aliphatic carbocycles. The van der Waals surface area contributed by atoms with Crippen LogP contribution in [0.5, 0.6) is 0 Å². The van der Waals surface area contributed by atoms with Gasteiger partial charge in [-0.15, -0.1) is 0 Å². The Hall–Kier alpha value is -0.285. The zero-order valence-electron chi connectivity index (χ0n) is 7.99. The highest BCUT2D eigenvalue weighted by molar-refractivity contribution is 7.65. The van der Waals surface area contributed by atoms with E-state index in [1.807, 2.05) is 0 Å². The first-order chi connectivity index (χ1) is 5.22. The molecule has 2 heteroatoms. The molecule has 0 heterocycles. The van der Waals surface area contributed by atoms with Gasteiger partial charge in [-0.2, -0.15) is 0 Å². The Morgan fingerprint density at radius 2 is 1.58 bits per heavy atom. The summed E-state index contributed by atoms with van der Waals surface area (Å²) in [6.45, 7) is 6.92. The lowest BCUT2D eigenvalue weighted by atomic mass is 10.4. The van der Waals surface area contributed by atoms with Crippen molar-refractivity contribution in [3.63, 3.8) is 0 Å². The van der Waals surface area contributed by atoms with E-state index < -0.39 is 0 Å². The third-order valence-electron chi connectivity index (χ3n) is 1.94. The van der Waals surface area contributed by atoms with Gasteiger partial charge in [-0.05, 0) is 17.6 Å². The molecule has 63 valence electrons. The Morgan fingerprint density at radius 3 is 2.00 bits per heavy atom. The van der Waals surface area contributed by atoms with Gasteiger partial charge in [0.2, 0.25) is 0 Å². The first-order valence-corrected chi connectivity index (χ1v) is 5.85. The van der Waals surface area contributed by atoms with Crippen LogP contribution in [-0.4, -0.2) is 20.7 Å². The second-order valence-electron chi connectivity index (χ2n) is 3.04. The van der Waals surface area contributed by atoms with Crippen LogP contribution in [0.4, 0.5) is 0 Å². The van der Waals surface area contributed by atoms with E-state index in [9.17, 15) is 0 Å². The summed E-state index contributed by atoms with van der Waals surface area (Å²) in [5.41, 5.74) is 0.799. The molecule has 1 rings (SSSR count). The van der Waals surface area contributed by atoms with Gasteiger partial charge >= 0.3 is 0 Å². The van der Waals surface area contributed by atoms with Crippen LogP contribution in [0.2, 0.25) is 0 Å². The van der Waals surface area contributed by atoms with Crippen LogP contribution in [-0.2, 0) is 0 Å². The maximum absolute atomic E-state index is 2.34. The molecule has 0 saturated carbocycles. The van der Waals surface area contributed by atoms with Crippen molar-refractivity contribution in [3.05, 3.63) is 30.3 Å². The summed E-state index contributed by atoms with van der Waals surface area (Å²) in [7, 11) is 0.0653. The molecule has 0 fully saturated rings. The van der Waals surface area contributed by atoms with E-state index in [4.69, 9.17) is 0 Å². The monoisotopic (exact) mass is 177 g/mol. The molecule has 3 radical (unpaired) electrons. The Kier molecular flexibility index (Phi) is 5.25. The summed E-state index contributed by atoms with van der Waals surface area (Å²) < 4.78 is 0. The average molecular weight is 177 g/mol. The number of hydrogen-bond acceptors (Lipinski definition) is 0. The lowest BCUT2D eigenvalue weighted by Crippen LogP contribution is -2.05. The molecule has 1 aromatic rings. The van der Waals surface area contributed by atoms with Crippen molar-refractivity contribution in [2.75, 3.05) is 6.66 Å². The fourth-order valence-corrected chi connectivity index (χ4v) is 2.20. The Labute approximate surface area is 78.7 Å². The second-order valence-corrected chi connectivity index (χ2v) is 5.81. The second kappa shape index (κ2) is 5.38. The van der Waals surface area contributed by atoms with Crippen LogP contribution in [0.3, 0.4) is 0 Å². The highest BCUT2D eigenvalue weighted by atomic mass is 31.1. The molecule has 0 N–H and O–H groups in total. The standard InChI is InChI=1S/C10H15P.B/c1-9(2)11(3)10-7-5-4-6-8-10;/h4-9H,1-3H3;/t11-;/m0./s1. The number of benzene rings is 1. The maximum Gasteiger partial charge on any atom is 0 e. The van der Waals surface area contributed by atoms with Gasteiger partial charge in [0.05, 0.1) is 0 Å². The topological polar surface area (TPSA) is 0 Å². The lowest BCUT2D eigenvalue weighted by molar-refractivity contribution is 1.10. The zero-order chi connectivity index (χ0) is 8.27. The Balaban J connectivity index is 0.00000121. The predicted molar refractivity (Wildman–Crippen MR) is 59.8 cm³/mol. The summed E-state index contributed by atoms with van der Waals surface area (Å²) in [5, 5.41) is 1.51. The molecule has 12 heavy (non-hydrogen) atoms. The highest BCUT2D eigenvalue weighted by Gasteiger charge is 2.06. The smallest absolute Gasteiger partial charge is 0 e. The quantitative estimate of drug-likeness (QED) is 0.480. The molecular weight excluding hydrogens is 162 g/mol. The third kappa shape index (κ3) is 2.99. The molecule has 0 amide bonds. The van der Waals surface area contributed by atoms with Crippen molar-refractivity contribution in [1.82, 2.24) is 0 Å². The van der Waals surface area contributed by atoms with Crippen LogP contribution in [0.1, 0.15) is 13.8 Å². The first-order valence-electron chi connectivity index (χ1n) is 3.99. The fourth-order valence-electron chi connectivity index (χ4n) is 0.961. The molecule has 1 atom stereocenters.